The molecule has 0 bridgehead atoms. The SMILES string of the molecule is COc1ccc(CN)cc1CN1CCCC1C1CCCC1. The fourth-order valence-electron chi connectivity index (χ4n) is 4.23. The van der Waals surface area contributed by atoms with Crippen molar-refractivity contribution in [2.45, 2.75) is 57.7 Å². The highest BCUT2D eigenvalue weighted by atomic mass is 16.5. The number of likely N-dealkylation sites (tertiary alicyclic amines) is 1. The number of nitrogens with zero attached hydrogens (tertiary/aromatic N) is 1. The van der Waals surface area contributed by atoms with E-state index in [1.54, 1.807) is 7.11 Å². The van der Waals surface area contributed by atoms with Crippen LogP contribution in [0.4, 0.5) is 0 Å². The standard InChI is InChI=1S/C18H28N2O/c1-21-18-9-8-14(12-19)11-16(18)13-20-10-4-7-17(20)15-5-2-3-6-15/h8-9,11,15,17H,2-7,10,12-13,19H2,1H3. The Bertz CT molecular complexity index is 468. The maximum atomic E-state index is 5.79. The van der Waals surface area contributed by atoms with Crippen molar-refractivity contribution in [2.24, 2.45) is 11.7 Å². The van der Waals surface area contributed by atoms with E-state index in [1.807, 2.05) is 0 Å². The van der Waals surface area contributed by atoms with Crippen LogP contribution in [0.2, 0.25) is 0 Å². The molecule has 0 spiro atoms. The van der Waals surface area contributed by atoms with Gasteiger partial charge in [-0.3, -0.25) is 4.90 Å². The Morgan fingerprint density at radius 3 is 2.71 bits per heavy atom. The van der Waals surface area contributed by atoms with Gasteiger partial charge in [0.15, 0.2) is 0 Å². The Hall–Kier alpha value is -1.06. The summed E-state index contributed by atoms with van der Waals surface area (Å²) in [4.78, 5) is 2.69. The zero-order chi connectivity index (χ0) is 14.7. The van der Waals surface area contributed by atoms with Gasteiger partial charge in [-0.2, -0.15) is 0 Å². The molecule has 116 valence electrons. The van der Waals surface area contributed by atoms with Crippen LogP contribution in [0.15, 0.2) is 18.2 Å². The van der Waals surface area contributed by atoms with Gasteiger partial charge in [0.2, 0.25) is 0 Å². The van der Waals surface area contributed by atoms with Crippen LogP contribution in [0.1, 0.15) is 49.7 Å². The molecule has 21 heavy (non-hydrogen) atoms. The molecule has 1 aliphatic heterocycles. The number of rotatable bonds is 5. The second-order valence-corrected chi connectivity index (χ2v) is 6.57. The summed E-state index contributed by atoms with van der Waals surface area (Å²) in [5.41, 5.74) is 8.28. The third-order valence-corrected chi connectivity index (χ3v) is 5.31. The highest BCUT2D eigenvalue weighted by molar-refractivity contribution is 5.37. The van der Waals surface area contributed by atoms with Gasteiger partial charge in [-0.15, -0.1) is 0 Å². The van der Waals surface area contributed by atoms with Crippen LogP contribution in [-0.2, 0) is 13.1 Å². The largest absolute Gasteiger partial charge is 0.496 e. The van der Waals surface area contributed by atoms with Crippen molar-refractivity contribution in [3.63, 3.8) is 0 Å². The normalized spacial score (nSPS) is 23.8. The van der Waals surface area contributed by atoms with Gasteiger partial charge in [-0.25, -0.2) is 0 Å². The third kappa shape index (κ3) is 3.24. The first-order valence-corrected chi connectivity index (χ1v) is 8.41. The van der Waals surface area contributed by atoms with Gasteiger partial charge in [0.05, 0.1) is 7.11 Å². The summed E-state index contributed by atoms with van der Waals surface area (Å²) >= 11 is 0. The first kappa shape index (κ1) is 14.9. The predicted molar refractivity (Wildman–Crippen MR) is 86.3 cm³/mol. The molecule has 2 fully saturated rings. The van der Waals surface area contributed by atoms with Crippen LogP contribution in [0.3, 0.4) is 0 Å². The zero-order valence-electron chi connectivity index (χ0n) is 13.2. The highest BCUT2D eigenvalue weighted by Crippen LogP contribution is 2.36. The molecule has 1 aromatic carbocycles. The molecular formula is C18H28N2O. The molecule has 1 saturated heterocycles. The van der Waals surface area contributed by atoms with Crippen molar-refractivity contribution in [2.75, 3.05) is 13.7 Å². The monoisotopic (exact) mass is 288 g/mol. The average molecular weight is 288 g/mol. The molecule has 0 amide bonds. The lowest BCUT2D eigenvalue weighted by Crippen LogP contribution is -2.34. The van der Waals surface area contributed by atoms with Gasteiger partial charge in [0.25, 0.3) is 0 Å². The average Bonchev–Trinajstić information content (AvgIpc) is 3.17. The van der Waals surface area contributed by atoms with E-state index >= 15 is 0 Å². The summed E-state index contributed by atoms with van der Waals surface area (Å²) in [7, 11) is 1.76. The number of methoxy groups -OCH3 is 1. The second kappa shape index (κ2) is 6.80. The smallest absolute Gasteiger partial charge is 0.123 e. The van der Waals surface area contributed by atoms with Crippen LogP contribution in [0.25, 0.3) is 0 Å². The number of ether oxygens (including phenoxy) is 1. The van der Waals surface area contributed by atoms with Gasteiger partial charge in [0, 0.05) is 24.7 Å². The van der Waals surface area contributed by atoms with Gasteiger partial charge >= 0.3 is 0 Å². The molecule has 0 radical (unpaired) electrons. The van der Waals surface area contributed by atoms with Gasteiger partial charge < -0.3 is 10.5 Å². The van der Waals surface area contributed by atoms with Crippen molar-refractivity contribution in [1.29, 1.82) is 0 Å². The Balaban J connectivity index is 1.75. The van der Waals surface area contributed by atoms with E-state index in [-0.39, 0.29) is 0 Å². The molecule has 1 unspecified atom stereocenters. The first-order valence-electron chi connectivity index (χ1n) is 8.41. The number of nitrogens with two attached hydrogens (primary N) is 1. The third-order valence-electron chi connectivity index (χ3n) is 5.31. The molecule has 2 N–H and O–H groups in total. The number of hydrogen-bond donors (Lipinski definition) is 1. The summed E-state index contributed by atoms with van der Waals surface area (Å²) in [6, 6.07) is 7.15. The van der Waals surface area contributed by atoms with Crippen molar-refractivity contribution in [1.82, 2.24) is 4.90 Å². The van der Waals surface area contributed by atoms with E-state index in [0.717, 1.165) is 24.3 Å². The molecule has 3 nitrogen and oxygen atoms in total. The van der Waals surface area contributed by atoms with E-state index in [0.29, 0.717) is 6.54 Å². The van der Waals surface area contributed by atoms with Crippen LogP contribution >= 0.6 is 0 Å². The summed E-state index contributed by atoms with van der Waals surface area (Å²) in [5, 5.41) is 0. The van der Waals surface area contributed by atoms with Gasteiger partial charge in [-0.1, -0.05) is 18.9 Å². The van der Waals surface area contributed by atoms with Crippen molar-refractivity contribution in [3.8, 4) is 5.75 Å². The maximum Gasteiger partial charge on any atom is 0.123 e. The molecule has 3 rings (SSSR count). The van der Waals surface area contributed by atoms with Crippen molar-refractivity contribution in [3.05, 3.63) is 29.3 Å². The van der Waals surface area contributed by atoms with Crippen LogP contribution < -0.4 is 10.5 Å². The Kier molecular flexibility index (Phi) is 4.81. The lowest BCUT2D eigenvalue weighted by atomic mass is 9.95. The molecule has 1 heterocycles. The van der Waals surface area contributed by atoms with E-state index < -0.39 is 0 Å². The molecule has 3 heteroatoms. The predicted octanol–water partition coefficient (Wildman–Crippen LogP) is 3.31. The lowest BCUT2D eigenvalue weighted by Gasteiger charge is -2.30. The molecule has 0 aromatic heterocycles. The number of benzene rings is 1. The minimum atomic E-state index is 0.600. The molecular weight excluding hydrogens is 260 g/mol. The summed E-state index contributed by atoms with van der Waals surface area (Å²) < 4.78 is 5.55. The van der Waals surface area contributed by atoms with Gasteiger partial charge in [-0.05, 0) is 55.8 Å². The Morgan fingerprint density at radius 2 is 2.00 bits per heavy atom. The van der Waals surface area contributed by atoms with Crippen LogP contribution in [0.5, 0.6) is 5.75 Å². The fourth-order valence-corrected chi connectivity index (χ4v) is 4.23. The molecule has 2 aliphatic rings. The minimum absolute atomic E-state index is 0.600. The Labute approximate surface area is 128 Å². The molecule has 1 aliphatic carbocycles. The number of hydrogen-bond acceptors (Lipinski definition) is 3. The van der Waals surface area contributed by atoms with Crippen LogP contribution in [-0.4, -0.2) is 24.6 Å². The summed E-state index contributed by atoms with van der Waals surface area (Å²) in [6.07, 6.45) is 8.45. The van der Waals surface area contributed by atoms with Crippen LogP contribution in [0, 0.1) is 5.92 Å². The summed E-state index contributed by atoms with van der Waals surface area (Å²) in [6.45, 7) is 2.85. The fraction of sp³-hybridized carbons (Fsp3) is 0.667. The first-order chi connectivity index (χ1) is 10.3. The molecule has 1 aromatic rings. The molecule has 1 atom stereocenters. The van der Waals surface area contributed by atoms with E-state index in [9.17, 15) is 0 Å². The van der Waals surface area contributed by atoms with Crippen molar-refractivity contribution >= 4 is 0 Å². The molecule has 1 saturated carbocycles. The quantitative estimate of drug-likeness (QED) is 0.903. The maximum absolute atomic E-state index is 5.79. The Morgan fingerprint density at radius 1 is 1.19 bits per heavy atom. The topological polar surface area (TPSA) is 38.5 Å². The zero-order valence-corrected chi connectivity index (χ0v) is 13.2. The lowest BCUT2D eigenvalue weighted by molar-refractivity contribution is 0.181. The van der Waals surface area contributed by atoms with E-state index in [2.05, 4.69) is 23.1 Å². The highest BCUT2D eigenvalue weighted by Gasteiger charge is 2.33. The van der Waals surface area contributed by atoms with Crippen molar-refractivity contribution < 1.29 is 4.74 Å². The summed E-state index contributed by atoms with van der Waals surface area (Å²) in [5.74, 6) is 1.93. The minimum Gasteiger partial charge on any atom is -0.496 e. The second-order valence-electron chi connectivity index (χ2n) is 6.57. The van der Waals surface area contributed by atoms with E-state index in [4.69, 9.17) is 10.5 Å². The van der Waals surface area contributed by atoms with E-state index in [1.165, 1.54) is 56.2 Å². The van der Waals surface area contributed by atoms with Gasteiger partial charge in [0.1, 0.15) is 5.75 Å².